The van der Waals surface area contributed by atoms with E-state index in [9.17, 15) is 9.59 Å². The molecule has 0 unspecified atom stereocenters. The fourth-order valence-corrected chi connectivity index (χ4v) is 2.68. The zero-order valence-corrected chi connectivity index (χ0v) is 13.7. The Labute approximate surface area is 145 Å². The Bertz CT molecular complexity index is 726. The summed E-state index contributed by atoms with van der Waals surface area (Å²) in [4.78, 5) is 29.0. The summed E-state index contributed by atoms with van der Waals surface area (Å²) in [6.45, 7) is 1.24. The lowest BCUT2D eigenvalue weighted by atomic mass is 10.1. The maximum Gasteiger partial charge on any atom is 0.321 e. The number of piperidine rings is 1. The van der Waals surface area contributed by atoms with Crippen LogP contribution in [0.25, 0.3) is 0 Å². The van der Waals surface area contributed by atoms with Gasteiger partial charge in [-0.25, -0.2) is 9.78 Å². The maximum absolute atomic E-state index is 12.3. The summed E-state index contributed by atoms with van der Waals surface area (Å²) in [6.07, 6.45) is 3.09. The van der Waals surface area contributed by atoms with E-state index in [1.807, 2.05) is 30.3 Å². The van der Waals surface area contributed by atoms with Gasteiger partial charge >= 0.3 is 6.03 Å². The number of carbonyl (C=O) groups is 2. The summed E-state index contributed by atoms with van der Waals surface area (Å²) in [5.41, 5.74) is 5.83. The molecule has 1 fully saturated rings. The second-order valence-electron chi connectivity index (χ2n) is 5.84. The lowest BCUT2D eigenvalue weighted by Gasteiger charge is -2.32. The Morgan fingerprint density at radius 2 is 1.84 bits per heavy atom. The third-order valence-corrected chi connectivity index (χ3v) is 4.04. The van der Waals surface area contributed by atoms with Crippen LogP contribution in [0.15, 0.2) is 48.7 Å². The van der Waals surface area contributed by atoms with Crippen LogP contribution in [0.4, 0.5) is 10.5 Å². The van der Waals surface area contributed by atoms with Crippen LogP contribution >= 0.6 is 0 Å². The summed E-state index contributed by atoms with van der Waals surface area (Å²) >= 11 is 0. The Kier molecular flexibility index (Phi) is 5.13. The molecule has 2 heterocycles. The topological polar surface area (TPSA) is 97.5 Å². The SMILES string of the molecule is NC(=O)c1ccc(NC(=O)N2CCC(Oc3ccccc3)CC2)cn1. The summed E-state index contributed by atoms with van der Waals surface area (Å²) in [5.74, 6) is 0.254. The molecule has 130 valence electrons. The molecule has 7 heteroatoms. The number of nitrogens with one attached hydrogen (secondary N) is 1. The minimum absolute atomic E-state index is 0.114. The number of urea groups is 1. The molecule has 1 aliphatic rings. The van der Waals surface area contributed by atoms with E-state index in [1.165, 1.54) is 12.3 Å². The summed E-state index contributed by atoms with van der Waals surface area (Å²) < 4.78 is 5.93. The van der Waals surface area contributed by atoms with Crippen LogP contribution in [0.1, 0.15) is 23.3 Å². The average Bonchev–Trinajstić information content (AvgIpc) is 2.63. The van der Waals surface area contributed by atoms with E-state index in [0.717, 1.165) is 18.6 Å². The fourth-order valence-electron chi connectivity index (χ4n) is 2.68. The number of hydrogen-bond acceptors (Lipinski definition) is 4. The van der Waals surface area contributed by atoms with Crippen molar-refractivity contribution < 1.29 is 14.3 Å². The van der Waals surface area contributed by atoms with Gasteiger partial charge < -0.3 is 20.7 Å². The van der Waals surface area contributed by atoms with Crippen molar-refractivity contribution in [1.82, 2.24) is 9.88 Å². The molecule has 2 aromatic rings. The first-order valence-electron chi connectivity index (χ1n) is 8.15. The number of primary amides is 1. The monoisotopic (exact) mass is 340 g/mol. The third kappa shape index (κ3) is 4.47. The Morgan fingerprint density at radius 1 is 1.12 bits per heavy atom. The average molecular weight is 340 g/mol. The van der Waals surface area contributed by atoms with Gasteiger partial charge in [0.25, 0.3) is 5.91 Å². The quantitative estimate of drug-likeness (QED) is 0.892. The van der Waals surface area contributed by atoms with Gasteiger partial charge in [0, 0.05) is 25.9 Å². The first-order chi connectivity index (χ1) is 12.1. The molecule has 0 atom stereocenters. The second kappa shape index (κ2) is 7.65. The highest BCUT2D eigenvalue weighted by molar-refractivity contribution is 5.92. The van der Waals surface area contributed by atoms with Crippen molar-refractivity contribution in [3.63, 3.8) is 0 Å². The number of para-hydroxylation sites is 1. The number of nitrogens with two attached hydrogens (primary N) is 1. The van der Waals surface area contributed by atoms with Crippen LogP contribution in [0.5, 0.6) is 5.75 Å². The number of amides is 3. The number of ether oxygens (including phenoxy) is 1. The summed E-state index contributed by atoms with van der Waals surface area (Å²) in [5, 5.41) is 2.77. The second-order valence-corrected chi connectivity index (χ2v) is 5.84. The van der Waals surface area contributed by atoms with Gasteiger partial charge in [0.05, 0.1) is 11.9 Å². The predicted molar refractivity (Wildman–Crippen MR) is 93.4 cm³/mol. The maximum atomic E-state index is 12.3. The molecule has 0 bridgehead atoms. The molecule has 0 saturated carbocycles. The van der Waals surface area contributed by atoms with Gasteiger partial charge in [-0.2, -0.15) is 0 Å². The highest BCUT2D eigenvalue weighted by atomic mass is 16.5. The molecule has 25 heavy (non-hydrogen) atoms. The van der Waals surface area contributed by atoms with Crippen molar-refractivity contribution in [3.8, 4) is 5.75 Å². The van der Waals surface area contributed by atoms with E-state index in [2.05, 4.69) is 10.3 Å². The number of aromatic nitrogens is 1. The summed E-state index contributed by atoms with van der Waals surface area (Å²) in [7, 11) is 0. The lowest BCUT2D eigenvalue weighted by molar-refractivity contribution is 0.0995. The highest BCUT2D eigenvalue weighted by Crippen LogP contribution is 2.19. The molecule has 1 aromatic carbocycles. The van der Waals surface area contributed by atoms with Crippen LogP contribution in [-0.4, -0.2) is 41.0 Å². The number of pyridine rings is 1. The first-order valence-corrected chi connectivity index (χ1v) is 8.15. The van der Waals surface area contributed by atoms with Gasteiger partial charge in [-0.05, 0) is 24.3 Å². The van der Waals surface area contributed by atoms with Crippen molar-refractivity contribution in [3.05, 3.63) is 54.4 Å². The van der Waals surface area contributed by atoms with E-state index in [1.54, 1.807) is 11.0 Å². The molecule has 0 aliphatic carbocycles. The van der Waals surface area contributed by atoms with Crippen LogP contribution < -0.4 is 15.8 Å². The van der Waals surface area contributed by atoms with Crippen molar-refractivity contribution in [2.45, 2.75) is 18.9 Å². The number of carbonyl (C=O) groups excluding carboxylic acids is 2. The minimum atomic E-state index is -0.599. The van der Waals surface area contributed by atoms with Gasteiger partial charge in [-0.3, -0.25) is 4.79 Å². The standard InChI is InChI=1S/C18H20N4O3/c19-17(23)16-7-6-13(12-20-16)21-18(24)22-10-8-15(9-11-22)25-14-4-2-1-3-5-14/h1-7,12,15H,8-11H2,(H2,19,23)(H,21,24). The van der Waals surface area contributed by atoms with Crippen LogP contribution in [0, 0.1) is 0 Å². The molecular formula is C18H20N4O3. The molecule has 1 saturated heterocycles. The third-order valence-electron chi connectivity index (χ3n) is 4.04. The number of benzene rings is 1. The zero-order valence-electron chi connectivity index (χ0n) is 13.7. The lowest BCUT2D eigenvalue weighted by Crippen LogP contribution is -2.43. The number of nitrogens with zero attached hydrogens (tertiary/aromatic N) is 2. The van der Waals surface area contributed by atoms with Gasteiger partial charge in [0.2, 0.25) is 0 Å². The molecule has 3 amide bonds. The largest absolute Gasteiger partial charge is 0.490 e. The molecule has 3 rings (SSSR count). The Hall–Kier alpha value is -3.09. The van der Waals surface area contributed by atoms with Gasteiger partial charge in [0.1, 0.15) is 17.5 Å². The van der Waals surface area contributed by atoms with Crippen molar-refractivity contribution in [1.29, 1.82) is 0 Å². The predicted octanol–water partition coefficient (Wildman–Crippen LogP) is 2.26. The van der Waals surface area contributed by atoms with E-state index in [-0.39, 0.29) is 17.8 Å². The highest BCUT2D eigenvalue weighted by Gasteiger charge is 2.24. The van der Waals surface area contributed by atoms with Crippen molar-refractivity contribution in [2.24, 2.45) is 5.73 Å². The number of hydrogen-bond donors (Lipinski definition) is 2. The molecule has 0 spiro atoms. The van der Waals surface area contributed by atoms with E-state index >= 15 is 0 Å². The van der Waals surface area contributed by atoms with Gasteiger partial charge in [-0.1, -0.05) is 18.2 Å². The van der Waals surface area contributed by atoms with Crippen LogP contribution in [-0.2, 0) is 0 Å². The van der Waals surface area contributed by atoms with Gasteiger partial charge in [-0.15, -0.1) is 0 Å². The van der Waals surface area contributed by atoms with Crippen molar-refractivity contribution >= 4 is 17.6 Å². The number of rotatable bonds is 4. The van der Waals surface area contributed by atoms with E-state index in [4.69, 9.17) is 10.5 Å². The number of likely N-dealkylation sites (tertiary alicyclic amines) is 1. The molecule has 7 nitrogen and oxygen atoms in total. The number of anilines is 1. The molecular weight excluding hydrogens is 320 g/mol. The van der Waals surface area contributed by atoms with Crippen LogP contribution in [0.2, 0.25) is 0 Å². The Morgan fingerprint density at radius 3 is 2.44 bits per heavy atom. The Balaban J connectivity index is 1.49. The molecule has 1 aliphatic heterocycles. The minimum Gasteiger partial charge on any atom is -0.490 e. The zero-order chi connectivity index (χ0) is 17.6. The first kappa shape index (κ1) is 16.8. The normalized spacial score (nSPS) is 14.8. The van der Waals surface area contributed by atoms with Gasteiger partial charge in [0.15, 0.2) is 0 Å². The fraction of sp³-hybridized carbons (Fsp3) is 0.278. The van der Waals surface area contributed by atoms with Crippen LogP contribution in [0.3, 0.4) is 0 Å². The van der Waals surface area contributed by atoms with E-state index in [0.29, 0.717) is 18.8 Å². The summed E-state index contributed by atoms with van der Waals surface area (Å²) in [6, 6.07) is 12.6. The molecule has 0 radical (unpaired) electrons. The van der Waals surface area contributed by atoms with Crippen molar-refractivity contribution in [2.75, 3.05) is 18.4 Å². The van der Waals surface area contributed by atoms with E-state index < -0.39 is 5.91 Å². The molecule has 1 aromatic heterocycles. The smallest absolute Gasteiger partial charge is 0.321 e. The molecule has 3 N–H and O–H groups in total.